The molecule has 1 aliphatic heterocycles. The van der Waals surface area contributed by atoms with Crippen molar-refractivity contribution in [2.45, 2.75) is 57.1 Å². The van der Waals surface area contributed by atoms with Crippen LogP contribution in [-0.2, 0) is 21.4 Å². The standard InChI is InChI=1S/C39H48N4O9/c1-19-9-8-10-37(2,3)38(19)18-20-23-25(21(17-22(51-7)28(23)38)52-16-15-43-13-11-42(6)12-14-43)31(44)26-24(20)32(45)29-30(41(4)5)33(46)27(36(40)49)35(48)39(29,50)34(26)47/h9,17,29-30,44,46,50H,8,10-16,18H2,1-7H3,(H2,40,49)/t29-,30+,38+,39+/m1/s1. The van der Waals surface area contributed by atoms with E-state index < -0.39 is 68.9 Å². The Labute approximate surface area is 302 Å². The van der Waals surface area contributed by atoms with E-state index in [1.807, 2.05) is 6.92 Å². The Morgan fingerprint density at radius 3 is 2.31 bits per heavy atom. The van der Waals surface area contributed by atoms with E-state index in [4.69, 9.17) is 15.2 Å². The van der Waals surface area contributed by atoms with Gasteiger partial charge in [0.2, 0.25) is 17.2 Å². The van der Waals surface area contributed by atoms with Crippen molar-refractivity contribution in [1.82, 2.24) is 14.7 Å². The van der Waals surface area contributed by atoms with Crippen LogP contribution in [-0.4, -0.2) is 133 Å². The second kappa shape index (κ2) is 12.1. The number of carbonyl (C=O) groups excluding carboxylic acids is 4. The van der Waals surface area contributed by atoms with Gasteiger partial charge in [0.05, 0.1) is 30.0 Å². The Morgan fingerprint density at radius 2 is 1.71 bits per heavy atom. The molecule has 1 spiro atoms. The summed E-state index contributed by atoms with van der Waals surface area (Å²) in [5.74, 6) is -7.42. The van der Waals surface area contributed by atoms with Crippen LogP contribution in [0.25, 0.3) is 10.8 Å². The van der Waals surface area contributed by atoms with Crippen molar-refractivity contribution < 1.29 is 44.0 Å². The van der Waals surface area contributed by atoms with E-state index in [1.54, 1.807) is 13.2 Å². The van der Waals surface area contributed by atoms with Crippen LogP contribution in [0.3, 0.4) is 0 Å². The summed E-state index contributed by atoms with van der Waals surface area (Å²) in [7, 11) is 6.62. The quantitative estimate of drug-likeness (QED) is 0.187. The largest absolute Gasteiger partial charge is 0.510 e. The molecular weight excluding hydrogens is 668 g/mol. The number of aliphatic hydroxyl groups is 2. The van der Waals surface area contributed by atoms with Gasteiger partial charge in [0.15, 0.2) is 5.78 Å². The zero-order valence-electron chi connectivity index (χ0n) is 30.9. The van der Waals surface area contributed by atoms with E-state index in [0.717, 1.165) is 50.2 Å². The first-order valence-corrected chi connectivity index (χ1v) is 17.8. The summed E-state index contributed by atoms with van der Waals surface area (Å²) in [4.78, 5) is 62.2. The number of allylic oxidation sites excluding steroid dienone is 2. The SMILES string of the molecule is COc1cc(OCCN2CCN(C)CC2)c2c(O)c3c(c4c2c1[C@]1(C4)C(C)=CCCC1(C)C)C(=O)[C@H]1[C@H](N(C)C)C(O)=C(C(N)=O)C(=O)[C@@]1(O)C3=O. The van der Waals surface area contributed by atoms with Crippen LogP contribution in [0, 0.1) is 11.3 Å². The second-order valence-electron chi connectivity index (χ2n) is 16.0. The van der Waals surface area contributed by atoms with Crippen LogP contribution in [0.15, 0.2) is 29.0 Å². The third kappa shape index (κ3) is 4.61. The lowest BCUT2D eigenvalue weighted by Gasteiger charge is -2.49. The zero-order chi connectivity index (χ0) is 37.8. The topological polar surface area (TPSA) is 183 Å². The smallest absolute Gasteiger partial charge is 0.255 e. The number of amides is 1. The number of phenols is 1. The minimum atomic E-state index is -3.14. The van der Waals surface area contributed by atoms with Crippen LogP contribution >= 0.6 is 0 Å². The van der Waals surface area contributed by atoms with Crippen molar-refractivity contribution in [3.8, 4) is 17.2 Å². The number of methoxy groups -OCH3 is 1. The highest BCUT2D eigenvalue weighted by molar-refractivity contribution is 6.38. The lowest BCUT2D eigenvalue weighted by Crippen LogP contribution is -2.68. The number of rotatable bonds is 7. The normalized spacial score (nSPS) is 28.8. The molecule has 1 fully saturated rings. The van der Waals surface area contributed by atoms with Gasteiger partial charge >= 0.3 is 0 Å². The van der Waals surface area contributed by atoms with Crippen molar-refractivity contribution in [3.05, 3.63) is 51.3 Å². The highest BCUT2D eigenvalue weighted by Gasteiger charge is 2.67. The third-order valence-corrected chi connectivity index (χ3v) is 12.8. The zero-order valence-corrected chi connectivity index (χ0v) is 30.9. The minimum Gasteiger partial charge on any atom is -0.510 e. The van der Waals surface area contributed by atoms with Crippen molar-refractivity contribution in [2.24, 2.45) is 17.1 Å². The average molecular weight is 717 g/mol. The number of hydrogen-bond acceptors (Lipinski definition) is 12. The Kier molecular flexibility index (Phi) is 8.41. The van der Waals surface area contributed by atoms with E-state index in [2.05, 4.69) is 36.8 Å². The first-order chi connectivity index (χ1) is 24.4. The summed E-state index contributed by atoms with van der Waals surface area (Å²) >= 11 is 0. The number of likely N-dealkylation sites (N-methyl/N-ethyl adjacent to an activating group) is 2. The highest BCUT2D eigenvalue weighted by Crippen LogP contribution is 2.65. The number of benzene rings is 2. The lowest BCUT2D eigenvalue weighted by atomic mass is 9.54. The predicted octanol–water partition coefficient (Wildman–Crippen LogP) is 2.28. The van der Waals surface area contributed by atoms with Gasteiger partial charge in [0.25, 0.3) is 5.91 Å². The summed E-state index contributed by atoms with van der Waals surface area (Å²) in [6.07, 6.45) is 4.08. The summed E-state index contributed by atoms with van der Waals surface area (Å²) in [6.45, 7) is 10.8. The van der Waals surface area contributed by atoms with Gasteiger partial charge in [-0.1, -0.05) is 25.5 Å². The van der Waals surface area contributed by atoms with Gasteiger partial charge in [0, 0.05) is 60.7 Å². The number of phenolic OH excluding ortho intramolecular Hbond substituents is 1. The molecule has 1 amide bonds. The number of hydrogen-bond donors (Lipinski definition) is 4. The Bertz CT molecular complexity index is 2020. The Morgan fingerprint density at radius 1 is 1.04 bits per heavy atom. The van der Waals surface area contributed by atoms with Gasteiger partial charge in [-0.15, -0.1) is 0 Å². The third-order valence-electron chi connectivity index (χ3n) is 12.8. The molecule has 0 unspecified atom stereocenters. The number of Topliss-reactive ketones (excluding diaryl/α,β-unsaturated/α-hetero) is 3. The number of ketones is 3. The van der Waals surface area contributed by atoms with Crippen LogP contribution < -0.4 is 15.2 Å². The molecular formula is C39H48N4O9. The minimum absolute atomic E-state index is 0.122. The van der Waals surface area contributed by atoms with Gasteiger partial charge in [-0.05, 0) is 58.3 Å². The maximum absolute atomic E-state index is 15.1. The summed E-state index contributed by atoms with van der Waals surface area (Å²) < 4.78 is 12.5. The number of aromatic hydroxyl groups is 1. The molecule has 0 bridgehead atoms. The van der Waals surface area contributed by atoms with Crippen molar-refractivity contribution in [2.75, 3.05) is 67.6 Å². The highest BCUT2D eigenvalue weighted by atomic mass is 16.5. The fourth-order valence-corrected chi connectivity index (χ4v) is 9.94. The molecule has 0 saturated carbocycles. The molecule has 7 rings (SSSR count). The van der Waals surface area contributed by atoms with Crippen LogP contribution in [0.5, 0.6) is 17.2 Å². The summed E-state index contributed by atoms with van der Waals surface area (Å²) in [5, 5.41) is 36.5. The number of piperazine rings is 1. The first-order valence-electron chi connectivity index (χ1n) is 17.8. The molecule has 278 valence electrons. The predicted molar refractivity (Wildman–Crippen MR) is 192 cm³/mol. The van der Waals surface area contributed by atoms with E-state index in [1.165, 1.54) is 19.0 Å². The van der Waals surface area contributed by atoms with Crippen LogP contribution in [0.2, 0.25) is 0 Å². The molecule has 13 nitrogen and oxygen atoms in total. The lowest BCUT2D eigenvalue weighted by molar-refractivity contribution is -0.138. The number of carbonyl (C=O) groups is 4. The van der Waals surface area contributed by atoms with E-state index in [0.29, 0.717) is 23.2 Å². The van der Waals surface area contributed by atoms with Gasteiger partial charge in [-0.2, -0.15) is 0 Å². The van der Waals surface area contributed by atoms with E-state index in [9.17, 15) is 29.7 Å². The van der Waals surface area contributed by atoms with Crippen LogP contribution in [0.4, 0.5) is 0 Å². The molecule has 52 heavy (non-hydrogen) atoms. The Hall–Kier alpha value is -4.30. The fourth-order valence-electron chi connectivity index (χ4n) is 9.94. The monoisotopic (exact) mass is 716 g/mol. The second-order valence-corrected chi connectivity index (χ2v) is 16.0. The van der Waals surface area contributed by atoms with E-state index >= 15 is 4.79 Å². The molecule has 0 aromatic heterocycles. The molecule has 4 atom stereocenters. The number of fused-ring (bicyclic) bond motifs is 4. The molecule has 2 aromatic rings. The molecule has 13 heteroatoms. The van der Waals surface area contributed by atoms with Gasteiger partial charge in [0.1, 0.15) is 35.2 Å². The van der Waals surface area contributed by atoms with Crippen LogP contribution in [0.1, 0.15) is 65.5 Å². The van der Waals surface area contributed by atoms with Crippen molar-refractivity contribution >= 4 is 34.0 Å². The van der Waals surface area contributed by atoms with Gasteiger partial charge in [-0.3, -0.25) is 29.0 Å². The summed E-state index contributed by atoms with van der Waals surface area (Å²) in [5.41, 5.74) is 1.94. The fraction of sp³-hybridized carbons (Fsp3) is 0.538. The number of primary amides is 1. The molecule has 0 radical (unpaired) electrons. The number of ether oxygens (including phenoxy) is 2. The van der Waals surface area contributed by atoms with E-state index in [-0.39, 0.29) is 35.1 Å². The first kappa shape index (κ1) is 36.1. The molecule has 2 aromatic carbocycles. The molecule has 4 aliphatic carbocycles. The number of aliphatic hydroxyl groups excluding tert-OH is 1. The molecule has 5 N–H and O–H groups in total. The molecule has 5 aliphatic rings. The maximum Gasteiger partial charge on any atom is 0.255 e. The summed E-state index contributed by atoms with van der Waals surface area (Å²) in [6, 6.07) is 0.260. The molecule has 1 heterocycles. The number of nitrogens with zero attached hydrogens (tertiary/aromatic N) is 3. The molecule has 1 saturated heterocycles. The van der Waals surface area contributed by atoms with Gasteiger partial charge < -0.3 is 35.4 Å². The Balaban J connectivity index is 1.52. The van der Waals surface area contributed by atoms with Crippen molar-refractivity contribution in [3.63, 3.8) is 0 Å². The van der Waals surface area contributed by atoms with Gasteiger partial charge in [-0.25, -0.2) is 0 Å². The number of nitrogens with two attached hydrogens (primary N) is 1. The maximum atomic E-state index is 15.1. The average Bonchev–Trinajstić information content (AvgIpc) is 3.44. The van der Waals surface area contributed by atoms with Crippen molar-refractivity contribution in [1.29, 1.82) is 0 Å².